The lowest BCUT2D eigenvalue weighted by atomic mass is 10.1. The molecule has 29 heavy (non-hydrogen) atoms. The summed E-state index contributed by atoms with van der Waals surface area (Å²) >= 11 is 7.22. The van der Waals surface area contributed by atoms with Crippen molar-refractivity contribution >= 4 is 40.9 Å². The molecule has 2 aromatic carbocycles. The van der Waals surface area contributed by atoms with Crippen LogP contribution in [0.15, 0.2) is 41.3 Å². The number of hydrogen-bond donors (Lipinski definition) is 2. The smallest absolute Gasteiger partial charge is 0.277 e. The van der Waals surface area contributed by atoms with Crippen LogP contribution in [0.25, 0.3) is 0 Å². The summed E-state index contributed by atoms with van der Waals surface area (Å²) in [7, 11) is 0. The lowest BCUT2D eigenvalue weighted by molar-refractivity contribution is -0.119. The molecule has 2 aromatic rings. The number of carbonyl (C=O) groups is 2. The summed E-state index contributed by atoms with van der Waals surface area (Å²) in [6, 6.07) is 8.94. The summed E-state index contributed by atoms with van der Waals surface area (Å²) in [6.07, 6.45) is 0.699. The Balaban J connectivity index is 1.98. The maximum absolute atomic E-state index is 14.6. The molecule has 0 fully saturated rings. The van der Waals surface area contributed by atoms with E-state index in [4.69, 9.17) is 22.2 Å². The van der Waals surface area contributed by atoms with Crippen LogP contribution in [0.5, 0.6) is 0 Å². The Kier molecular flexibility index (Phi) is 7.13. The number of thioether (sulfide) groups is 1. The molecule has 3 N–H and O–H groups in total. The fourth-order valence-corrected chi connectivity index (χ4v) is 3.95. The number of nitrogens with one attached hydrogen (secondary N) is 1. The van der Waals surface area contributed by atoms with Gasteiger partial charge >= 0.3 is 0 Å². The van der Waals surface area contributed by atoms with Crippen LogP contribution >= 0.6 is 23.4 Å². The van der Waals surface area contributed by atoms with Crippen LogP contribution in [-0.2, 0) is 16.2 Å². The highest BCUT2D eigenvalue weighted by atomic mass is 35.5. The molecule has 0 aromatic heterocycles. The van der Waals surface area contributed by atoms with E-state index in [0.29, 0.717) is 34.4 Å². The van der Waals surface area contributed by atoms with Crippen LogP contribution < -0.4 is 16.1 Å². The van der Waals surface area contributed by atoms with Crippen molar-refractivity contribution in [1.82, 2.24) is 5.48 Å². The van der Waals surface area contributed by atoms with Crippen molar-refractivity contribution in [1.29, 1.82) is 0 Å². The second-order valence-electron chi connectivity index (χ2n) is 6.55. The Labute approximate surface area is 177 Å². The molecule has 0 aliphatic carbocycles. The molecule has 0 saturated carbocycles. The number of hydroxylamine groups is 1. The molecule has 0 unspecified atom stereocenters. The first-order valence-electron chi connectivity index (χ1n) is 9.10. The zero-order valence-corrected chi connectivity index (χ0v) is 17.4. The predicted molar refractivity (Wildman–Crippen MR) is 111 cm³/mol. The molecule has 1 aliphatic rings. The minimum atomic E-state index is -0.743. The highest BCUT2D eigenvalue weighted by Crippen LogP contribution is 2.37. The number of anilines is 1. The molecule has 0 radical (unpaired) electrons. The number of rotatable bonds is 6. The maximum atomic E-state index is 14.6. The lowest BCUT2D eigenvalue weighted by Crippen LogP contribution is -2.44. The summed E-state index contributed by atoms with van der Waals surface area (Å²) in [4.78, 5) is 32.3. The van der Waals surface area contributed by atoms with Gasteiger partial charge in [0.05, 0.1) is 30.4 Å². The van der Waals surface area contributed by atoms with Crippen LogP contribution in [-0.4, -0.2) is 30.2 Å². The van der Waals surface area contributed by atoms with Gasteiger partial charge in [0.25, 0.3) is 5.91 Å². The summed E-state index contributed by atoms with van der Waals surface area (Å²) in [5.74, 6) is -1.39. The summed E-state index contributed by atoms with van der Waals surface area (Å²) in [6.45, 7) is 2.41. The van der Waals surface area contributed by atoms with Gasteiger partial charge in [0.1, 0.15) is 5.82 Å². The normalized spacial score (nSPS) is 16.3. The number of nitrogens with two attached hydrogens (primary N) is 1. The Morgan fingerprint density at radius 2 is 2.10 bits per heavy atom. The average molecular weight is 438 g/mol. The van der Waals surface area contributed by atoms with E-state index < -0.39 is 17.8 Å². The van der Waals surface area contributed by atoms with Crippen LogP contribution in [0.4, 0.5) is 10.1 Å². The first-order chi connectivity index (χ1) is 13.9. The van der Waals surface area contributed by atoms with Gasteiger partial charge in [0.2, 0.25) is 5.91 Å². The monoisotopic (exact) mass is 437 g/mol. The van der Waals surface area contributed by atoms with Crippen LogP contribution in [0, 0.1) is 5.82 Å². The van der Waals surface area contributed by atoms with Crippen molar-refractivity contribution in [2.24, 2.45) is 5.73 Å². The SMILES string of the molecule is CCCONC(=O)c1cc2c(cc1F)SC[C@H](N)C(=O)N2Cc1ccc(Cl)cc1. The van der Waals surface area contributed by atoms with E-state index in [-0.39, 0.29) is 18.0 Å². The Bertz CT molecular complexity index is 911. The van der Waals surface area contributed by atoms with Gasteiger partial charge in [0.15, 0.2) is 0 Å². The van der Waals surface area contributed by atoms with E-state index in [2.05, 4.69) is 5.48 Å². The van der Waals surface area contributed by atoms with Gasteiger partial charge in [0, 0.05) is 15.7 Å². The number of benzene rings is 2. The molecular formula is C20H21ClFN3O3S. The van der Waals surface area contributed by atoms with Gasteiger partial charge in [-0.2, -0.15) is 0 Å². The third-order valence-corrected chi connectivity index (χ3v) is 5.73. The molecule has 0 spiro atoms. The Hall–Kier alpha value is -2.13. The molecule has 1 aliphatic heterocycles. The van der Waals surface area contributed by atoms with Crippen LogP contribution in [0.2, 0.25) is 5.02 Å². The van der Waals surface area contributed by atoms with Crippen molar-refractivity contribution in [3.8, 4) is 0 Å². The third kappa shape index (κ3) is 5.08. The maximum Gasteiger partial charge on any atom is 0.277 e. The lowest BCUT2D eigenvalue weighted by Gasteiger charge is -2.25. The van der Waals surface area contributed by atoms with Gasteiger partial charge in [-0.15, -0.1) is 11.8 Å². The number of carbonyl (C=O) groups excluding carboxylic acids is 2. The minimum Gasteiger partial charge on any atom is -0.319 e. The Morgan fingerprint density at radius 3 is 2.79 bits per heavy atom. The number of halogens is 2. The third-order valence-electron chi connectivity index (χ3n) is 4.31. The molecule has 0 bridgehead atoms. The molecule has 9 heteroatoms. The molecule has 1 heterocycles. The first kappa shape index (κ1) is 21.6. The molecule has 6 nitrogen and oxygen atoms in total. The number of nitrogens with zero attached hydrogens (tertiary/aromatic N) is 1. The number of amides is 2. The van der Waals surface area contributed by atoms with Gasteiger partial charge in [-0.1, -0.05) is 30.7 Å². The molecule has 1 atom stereocenters. The molecule has 154 valence electrons. The summed E-state index contributed by atoms with van der Waals surface area (Å²) < 4.78 is 14.6. The fraction of sp³-hybridized carbons (Fsp3) is 0.300. The zero-order chi connectivity index (χ0) is 21.0. The fourth-order valence-electron chi connectivity index (χ4n) is 2.82. The Morgan fingerprint density at radius 1 is 1.38 bits per heavy atom. The van der Waals surface area contributed by atoms with Gasteiger partial charge < -0.3 is 10.6 Å². The van der Waals surface area contributed by atoms with E-state index in [1.54, 1.807) is 24.3 Å². The van der Waals surface area contributed by atoms with Gasteiger partial charge in [-0.25, -0.2) is 9.87 Å². The van der Waals surface area contributed by atoms with E-state index in [9.17, 15) is 14.0 Å². The average Bonchev–Trinajstić information content (AvgIpc) is 2.81. The van der Waals surface area contributed by atoms with Crippen molar-refractivity contribution < 1.29 is 18.8 Å². The molecule has 0 saturated heterocycles. The highest BCUT2D eigenvalue weighted by Gasteiger charge is 2.30. The van der Waals surface area contributed by atoms with E-state index in [1.165, 1.54) is 28.8 Å². The second kappa shape index (κ2) is 9.58. The number of fused-ring (bicyclic) bond motifs is 1. The predicted octanol–water partition coefficient (Wildman–Crippen LogP) is 3.52. The highest BCUT2D eigenvalue weighted by molar-refractivity contribution is 7.99. The second-order valence-corrected chi connectivity index (χ2v) is 8.05. The number of hydrogen-bond acceptors (Lipinski definition) is 5. The van der Waals surface area contributed by atoms with Gasteiger partial charge in [-0.3, -0.25) is 14.4 Å². The van der Waals surface area contributed by atoms with E-state index in [0.717, 1.165) is 5.56 Å². The van der Waals surface area contributed by atoms with Crippen LogP contribution in [0.1, 0.15) is 29.3 Å². The molecular weight excluding hydrogens is 417 g/mol. The summed E-state index contributed by atoms with van der Waals surface area (Å²) in [5, 5.41) is 0.580. The van der Waals surface area contributed by atoms with Crippen LogP contribution in [0.3, 0.4) is 0 Å². The summed E-state index contributed by atoms with van der Waals surface area (Å²) in [5.41, 5.74) is 9.30. The zero-order valence-electron chi connectivity index (χ0n) is 15.8. The first-order valence-corrected chi connectivity index (χ1v) is 10.5. The largest absolute Gasteiger partial charge is 0.319 e. The van der Waals surface area contributed by atoms with Crippen molar-refractivity contribution in [3.05, 3.63) is 58.4 Å². The van der Waals surface area contributed by atoms with Gasteiger partial charge in [-0.05, 0) is 36.2 Å². The van der Waals surface area contributed by atoms with Crippen molar-refractivity contribution in [2.45, 2.75) is 30.8 Å². The molecule has 2 amide bonds. The quantitative estimate of drug-likeness (QED) is 0.533. The topological polar surface area (TPSA) is 84.7 Å². The van der Waals surface area contributed by atoms with E-state index >= 15 is 0 Å². The van der Waals surface area contributed by atoms with E-state index in [1.807, 2.05) is 6.92 Å². The standard InChI is InChI=1S/C20H21ClFN3O3S/c1-2-7-28-24-19(26)14-8-17-18(9-15(14)22)29-11-16(23)20(27)25(17)10-12-3-5-13(21)6-4-12/h3-6,8-9,16H,2,7,10-11,23H2,1H3,(H,24,26)/t16-/m0/s1. The molecule has 3 rings (SSSR count). The van der Waals surface area contributed by atoms with Crippen molar-refractivity contribution in [2.75, 3.05) is 17.3 Å². The minimum absolute atomic E-state index is 0.204. The van der Waals surface area contributed by atoms with Crippen molar-refractivity contribution in [3.63, 3.8) is 0 Å².